The third-order valence-corrected chi connectivity index (χ3v) is 7.33. The minimum atomic E-state index is -3.71. The van der Waals surface area contributed by atoms with Gasteiger partial charge in [0.1, 0.15) is 8.68 Å². The first-order chi connectivity index (χ1) is 11.5. The van der Waals surface area contributed by atoms with Gasteiger partial charge in [0.25, 0.3) is 15.9 Å². The normalized spacial score (nSPS) is 11.6. The molecule has 0 aliphatic carbocycles. The number of halogens is 1. The first kappa shape index (κ1) is 17.2. The first-order valence-electron chi connectivity index (χ1n) is 7.22. The van der Waals surface area contributed by atoms with E-state index in [1.54, 1.807) is 12.3 Å². The highest BCUT2D eigenvalue weighted by atomic mass is 79.9. The summed E-state index contributed by atoms with van der Waals surface area (Å²) in [6.07, 6.45) is 1.44. The van der Waals surface area contributed by atoms with Crippen molar-refractivity contribution in [2.75, 3.05) is 4.72 Å². The fourth-order valence-corrected chi connectivity index (χ4v) is 5.10. The van der Waals surface area contributed by atoms with Crippen LogP contribution in [0.4, 0.5) is 5.88 Å². The smallest absolute Gasteiger partial charge is 0.274 e. The van der Waals surface area contributed by atoms with Gasteiger partial charge in [-0.1, -0.05) is 35.5 Å². The fourth-order valence-electron chi connectivity index (χ4n) is 2.26. The summed E-state index contributed by atoms with van der Waals surface area (Å²) in [5.74, 6) is 0.0925. The van der Waals surface area contributed by atoms with E-state index in [1.165, 1.54) is 16.9 Å². The largest absolute Gasteiger partial charge is 0.336 e. The quantitative estimate of drug-likeness (QED) is 0.633. The highest BCUT2D eigenvalue weighted by Gasteiger charge is 2.23. The monoisotopic (exact) mass is 426 g/mol. The number of nitrogens with one attached hydrogen (secondary N) is 1. The van der Waals surface area contributed by atoms with Crippen LogP contribution in [-0.2, 0) is 22.9 Å². The zero-order chi connectivity index (χ0) is 17.2. The minimum Gasteiger partial charge on any atom is -0.336 e. The van der Waals surface area contributed by atoms with Gasteiger partial charge in [-0.25, -0.2) is 13.1 Å². The molecule has 2 heterocycles. The Hall–Kier alpha value is -1.64. The second kappa shape index (κ2) is 7.08. The van der Waals surface area contributed by atoms with Crippen LogP contribution in [0.3, 0.4) is 0 Å². The number of aryl methyl sites for hydroxylation is 3. The molecule has 126 valence electrons. The molecular formula is C16H15BrN2O3S2. The van der Waals surface area contributed by atoms with Gasteiger partial charge in [0.15, 0.2) is 0 Å². The van der Waals surface area contributed by atoms with E-state index in [-0.39, 0.29) is 5.88 Å². The van der Waals surface area contributed by atoms with Crippen molar-refractivity contribution in [1.29, 1.82) is 0 Å². The van der Waals surface area contributed by atoms with Gasteiger partial charge in [0, 0.05) is 0 Å². The molecule has 3 aromatic rings. The molecule has 0 unspecified atom stereocenters. The number of nitrogens with zero attached hydrogens (tertiary/aromatic N) is 1. The molecule has 0 radical (unpaired) electrons. The lowest BCUT2D eigenvalue weighted by Gasteiger charge is -2.07. The lowest BCUT2D eigenvalue weighted by molar-refractivity contribution is 0.430. The molecule has 24 heavy (non-hydrogen) atoms. The third kappa shape index (κ3) is 3.71. The van der Waals surface area contributed by atoms with Crippen molar-refractivity contribution in [2.45, 2.75) is 24.0 Å². The molecule has 0 spiro atoms. The van der Waals surface area contributed by atoms with Crippen molar-refractivity contribution in [3.8, 4) is 0 Å². The average molecular weight is 427 g/mol. The van der Waals surface area contributed by atoms with E-state index in [1.807, 2.05) is 36.4 Å². The number of anilines is 1. The van der Waals surface area contributed by atoms with E-state index in [2.05, 4.69) is 25.8 Å². The van der Waals surface area contributed by atoms with Crippen LogP contribution in [0.15, 0.2) is 55.0 Å². The third-order valence-electron chi connectivity index (χ3n) is 3.49. The van der Waals surface area contributed by atoms with Crippen LogP contribution < -0.4 is 4.72 Å². The van der Waals surface area contributed by atoms with Gasteiger partial charge in [-0.3, -0.25) is 0 Å². The average Bonchev–Trinajstić information content (AvgIpc) is 3.16. The molecule has 0 bridgehead atoms. The van der Waals surface area contributed by atoms with E-state index in [0.29, 0.717) is 20.8 Å². The number of sulfonamides is 1. The lowest BCUT2D eigenvalue weighted by atomic mass is 10.1. The topological polar surface area (TPSA) is 72.2 Å². The van der Waals surface area contributed by atoms with Gasteiger partial charge in [-0.15, -0.1) is 11.3 Å². The van der Waals surface area contributed by atoms with Crippen molar-refractivity contribution >= 4 is 43.2 Å². The number of hydrogen-bond acceptors (Lipinski definition) is 5. The zero-order valence-electron chi connectivity index (χ0n) is 12.8. The van der Waals surface area contributed by atoms with Crippen LogP contribution in [0.1, 0.15) is 16.8 Å². The van der Waals surface area contributed by atoms with Gasteiger partial charge in [0.2, 0.25) is 0 Å². The molecule has 5 nitrogen and oxygen atoms in total. The van der Waals surface area contributed by atoms with Gasteiger partial charge in [0.05, 0.1) is 5.69 Å². The summed E-state index contributed by atoms with van der Waals surface area (Å²) in [5.41, 5.74) is 2.56. The Bertz CT molecular complexity index is 933. The predicted octanol–water partition coefficient (Wildman–Crippen LogP) is 4.39. The highest BCUT2D eigenvalue weighted by molar-refractivity contribution is 9.10. The van der Waals surface area contributed by atoms with Crippen LogP contribution in [-0.4, -0.2) is 13.6 Å². The lowest BCUT2D eigenvalue weighted by Crippen LogP contribution is -2.13. The summed E-state index contributed by atoms with van der Waals surface area (Å²) >= 11 is 4.46. The molecule has 0 amide bonds. The Morgan fingerprint density at radius 3 is 2.62 bits per heavy atom. The Balaban J connectivity index is 1.79. The van der Waals surface area contributed by atoms with Gasteiger partial charge in [-0.05, 0) is 58.3 Å². The molecule has 0 fully saturated rings. The minimum absolute atomic E-state index is 0.0925. The molecule has 8 heteroatoms. The van der Waals surface area contributed by atoms with Crippen molar-refractivity contribution in [3.05, 3.63) is 63.1 Å². The Kier molecular flexibility index (Phi) is 5.07. The van der Waals surface area contributed by atoms with E-state index < -0.39 is 10.0 Å². The summed E-state index contributed by atoms with van der Waals surface area (Å²) in [6, 6.07) is 11.8. The predicted molar refractivity (Wildman–Crippen MR) is 97.9 cm³/mol. The first-order valence-corrected chi connectivity index (χ1v) is 10.4. The SMILES string of the molecule is Cc1noc(NS(=O)(=O)c2sccc2CCc2ccccc2)c1Br. The number of thiophene rings is 1. The summed E-state index contributed by atoms with van der Waals surface area (Å²) in [5, 5.41) is 5.52. The maximum absolute atomic E-state index is 12.6. The molecule has 0 saturated heterocycles. The highest BCUT2D eigenvalue weighted by Crippen LogP contribution is 2.31. The van der Waals surface area contributed by atoms with Crippen molar-refractivity contribution in [2.24, 2.45) is 0 Å². The van der Waals surface area contributed by atoms with Crippen LogP contribution in [0.25, 0.3) is 0 Å². The summed E-state index contributed by atoms with van der Waals surface area (Å²) < 4.78 is 33.6. The maximum Gasteiger partial charge on any atom is 0.274 e. The molecule has 3 rings (SSSR count). The molecular weight excluding hydrogens is 412 g/mol. The van der Waals surface area contributed by atoms with Crippen molar-refractivity contribution in [3.63, 3.8) is 0 Å². The number of aromatic nitrogens is 1. The molecule has 1 N–H and O–H groups in total. The van der Waals surface area contributed by atoms with Crippen LogP contribution in [0.5, 0.6) is 0 Å². The van der Waals surface area contributed by atoms with Crippen LogP contribution in [0.2, 0.25) is 0 Å². The standard InChI is InChI=1S/C16H15BrN2O3S2/c1-11-14(17)15(22-18-11)19-24(20,21)16-13(9-10-23-16)8-7-12-5-3-2-4-6-12/h2-6,9-10,19H,7-8H2,1H3. The summed E-state index contributed by atoms with van der Waals surface area (Å²) in [4.78, 5) is 0. The molecule has 0 atom stereocenters. The fraction of sp³-hybridized carbons (Fsp3) is 0.188. The Labute approximate surface area is 152 Å². The van der Waals surface area contributed by atoms with Gasteiger partial charge >= 0.3 is 0 Å². The van der Waals surface area contributed by atoms with Crippen molar-refractivity contribution < 1.29 is 12.9 Å². The van der Waals surface area contributed by atoms with E-state index in [9.17, 15) is 8.42 Å². The number of rotatable bonds is 6. The van der Waals surface area contributed by atoms with Crippen LogP contribution in [0, 0.1) is 6.92 Å². The molecule has 2 aromatic heterocycles. The van der Waals surface area contributed by atoms with Crippen molar-refractivity contribution in [1.82, 2.24) is 5.16 Å². The molecule has 0 saturated carbocycles. The summed E-state index contributed by atoms with van der Waals surface area (Å²) in [6.45, 7) is 1.72. The molecule has 0 aliphatic heterocycles. The number of hydrogen-bond donors (Lipinski definition) is 1. The van der Waals surface area contributed by atoms with E-state index in [0.717, 1.165) is 12.0 Å². The zero-order valence-corrected chi connectivity index (χ0v) is 16.0. The second-order valence-electron chi connectivity index (χ2n) is 5.24. The van der Waals surface area contributed by atoms with Crippen LogP contribution >= 0.6 is 27.3 Å². The Morgan fingerprint density at radius 2 is 1.96 bits per heavy atom. The number of benzene rings is 1. The molecule has 1 aromatic carbocycles. The van der Waals surface area contributed by atoms with E-state index in [4.69, 9.17) is 4.52 Å². The van der Waals surface area contributed by atoms with E-state index >= 15 is 0 Å². The van der Waals surface area contributed by atoms with Gasteiger partial charge in [-0.2, -0.15) is 0 Å². The Morgan fingerprint density at radius 1 is 1.21 bits per heavy atom. The van der Waals surface area contributed by atoms with Gasteiger partial charge < -0.3 is 4.52 Å². The second-order valence-corrected chi connectivity index (χ2v) is 8.82. The molecule has 0 aliphatic rings. The maximum atomic E-state index is 12.6. The summed E-state index contributed by atoms with van der Waals surface area (Å²) in [7, 11) is -3.71.